The number of aryl methyl sites for hydroxylation is 1. The topological polar surface area (TPSA) is 53.4 Å². The number of aliphatic carboxylic acids is 1. The van der Waals surface area contributed by atoms with Crippen LogP contribution in [0.4, 0.5) is 0 Å². The highest BCUT2D eigenvalue weighted by Crippen LogP contribution is 2.15. The lowest BCUT2D eigenvalue weighted by molar-refractivity contribution is -0.137. The van der Waals surface area contributed by atoms with Gasteiger partial charge in [-0.05, 0) is 32.9 Å². The highest BCUT2D eigenvalue weighted by Gasteiger charge is 2.05. The molecular formula is C12H20N2O2S. The second-order valence-electron chi connectivity index (χ2n) is 4.16. The molecule has 1 N–H and O–H groups in total. The average molecular weight is 256 g/mol. The summed E-state index contributed by atoms with van der Waals surface area (Å²) in [6, 6.07) is 0. The Morgan fingerprint density at radius 1 is 1.53 bits per heavy atom. The molecule has 0 amide bonds. The summed E-state index contributed by atoms with van der Waals surface area (Å²) < 4.78 is 0. The summed E-state index contributed by atoms with van der Waals surface area (Å²) in [6.07, 6.45) is 4.93. The zero-order valence-corrected chi connectivity index (χ0v) is 11.3. The Labute approximate surface area is 106 Å². The highest BCUT2D eigenvalue weighted by atomic mass is 32.1. The largest absolute Gasteiger partial charge is 0.481 e. The predicted molar refractivity (Wildman–Crippen MR) is 69.3 cm³/mol. The van der Waals surface area contributed by atoms with Gasteiger partial charge < -0.3 is 5.11 Å². The first-order valence-electron chi connectivity index (χ1n) is 5.95. The van der Waals surface area contributed by atoms with Crippen molar-refractivity contribution in [3.05, 3.63) is 16.1 Å². The summed E-state index contributed by atoms with van der Waals surface area (Å²) in [5.74, 6) is -0.708. The number of hydrogen-bond donors (Lipinski definition) is 1. The fraction of sp³-hybridized carbons (Fsp3) is 0.667. The average Bonchev–Trinajstić information content (AvgIpc) is 2.72. The standard InChI is InChI=1S/C12H20N2O2S/c1-3-10-8-13-11(17-10)9-14(2)7-5-4-6-12(15)16/h8H,3-7,9H2,1-2H3,(H,15,16). The molecule has 0 aliphatic rings. The molecule has 0 unspecified atom stereocenters. The lowest BCUT2D eigenvalue weighted by Crippen LogP contribution is -2.19. The van der Waals surface area contributed by atoms with E-state index in [4.69, 9.17) is 5.11 Å². The van der Waals surface area contributed by atoms with Crippen molar-refractivity contribution in [2.24, 2.45) is 0 Å². The van der Waals surface area contributed by atoms with Crippen LogP contribution in [0.25, 0.3) is 0 Å². The number of rotatable bonds is 8. The van der Waals surface area contributed by atoms with Gasteiger partial charge >= 0.3 is 5.97 Å². The van der Waals surface area contributed by atoms with Crippen molar-refractivity contribution in [2.75, 3.05) is 13.6 Å². The third kappa shape index (κ3) is 5.79. The molecule has 0 bridgehead atoms. The molecule has 0 fully saturated rings. The second-order valence-corrected chi connectivity index (χ2v) is 5.36. The van der Waals surface area contributed by atoms with Gasteiger partial charge in [0.25, 0.3) is 0 Å². The van der Waals surface area contributed by atoms with Crippen LogP contribution in [-0.2, 0) is 17.8 Å². The van der Waals surface area contributed by atoms with Crippen LogP contribution in [0.5, 0.6) is 0 Å². The minimum atomic E-state index is -0.708. The summed E-state index contributed by atoms with van der Waals surface area (Å²) in [7, 11) is 2.05. The van der Waals surface area contributed by atoms with Crippen LogP contribution in [-0.4, -0.2) is 34.6 Å². The molecule has 1 rings (SSSR count). The molecule has 0 saturated heterocycles. The Morgan fingerprint density at radius 2 is 2.29 bits per heavy atom. The molecule has 0 aliphatic carbocycles. The van der Waals surface area contributed by atoms with E-state index in [2.05, 4.69) is 16.8 Å². The Hall–Kier alpha value is -0.940. The van der Waals surface area contributed by atoms with Crippen molar-refractivity contribution < 1.29 is 9.90 Å². The SMILES string of the molecule is CCc1cnc(CN(C)CCCCC(=O)O)s1. The number of aromatic nitrogens is 1. The number of unbranched alkanes of at least 4 members (excludes halogenated alkanes) is 1. The number of nitrogens with zero attached hydrogens (tertiary/aromatic N) is 2. The third-order valence-electron chi connectivity index (χ3n) is 2.54. The molecule has 0 atom stereocenters. The number of thiazole rings is 1. The zero-order chi connectivity index (χ0) is 12.7. The van der Waals surface area contributed by atoms with Crippen LogP contribution in [0.3, 0.4) is 0 Å². The normalized spacial score (nSPS) is 11.0. The van der Waals surface area contributed by atoms with Gasteiger partial charge in [-0.15, -0.1) is 11.3 Å². The van der Waals surface area contributed by atoms with E-state index >= 15 is 0 Å². The maximum absolute atomic E-state index is 10.3. The van der Waals surface area contributed by atoms with E-state index in [1.165, 1.54) is 4.88 Å². The fourth-order valence-corrected chi connectivity index (χ4v) is 2.50. The van der Waals surface area contributed by atoms with Gasteiger partial charge in [-0.2, -0.15) is 0 Å². The van der Waals surface area contributed by atoms with Gasteiger partial charge in [0.05, 0.1) is 6.54 Å². The Bertz CT molecular complexity index is 352. The number of carboxylic acids is 1. The van der Waals surface area contributed by atoms with E-state index in [9.17, 15) is 4.79 Å². The summed E-state index contributed by atoms with van der Waals surface area (Å²) in [5.41, 5.74) is 0. The molecule has 1 heterocycles. The maximum Gasteiger partial charge on any atom is 0.303 e. The first kappa shape index (κ1) is 14.1. The van der Waals surface area contributed by atoms with Crippen LogP contribution < -0.4 is 0 Å². The number of carbonyl (C=O) groups is 1. The molecule has 96 valence electrons. The summed E-state index contributed by atoms with van der Waals surface area (Å²) in [4.78, 5) is 18.2. The summed E-state index contributed by atoms with van der Waals surface area (Å²) in [6.45, 7) is 3.92. The van der Waals surface area contributed by atoms with E-state index in [1.807, 2.05) is 13.2 Å². The molecule has 5 heteroatoms. The molecule has 0 radical (unpaired) electrons. The molecule has 0 aromatic carbocycles. The minimum Gasteiger partial charge on any atom is -0.481 e. The van der Waals surface area contributed by atoms with Crippen LogP contribution in [0.2, 0.25) is 0 Å². The quantitative estimate of drug-likeness (QED) is 0.726. The van der Waals surface area contributed by atoms with Gasteiger partial charge in [0, 0.05) is 17.5 Å². The van der Waals surface area contributed by atoms with Gasteiger partial charge in [-0.3, -0.25) is 9.69 Å². The summed E-state index contributed by atoms with van der Waals surface area (Å²) >= 11 is 1.76. The van der Waals surface area contributed by atoms with Gasteiger partial charge in [0.2, 0.25) is 0 Å². The van der Waals surface area contributed by atoms with Crippen LogP contribution in [0.1, 0.15) is 36.1 Å². The van der Waals surface area contributed by atoms with Gasteiger partial charge in [-0.25, -0.2) is 4.98 Å². The van der Waals surface area contributed by atoms with Gasteiger partial charge in [-0.1, -0.05) is 6.92 Å². The van der Waals surface area contributed by atoms with Crippen molar-refractivity contribution in [3.8, 4) is 0 Å². The van der Waals surface area contributed by atoms with Gasteiger partial charge in [0.15, 0.2) is 0 Å². The molecule has 4 nitrogen and oxygen atoms in total. The van der Waals surface area contributed by atoms with E-state index in [1.54, 1.807) is 11.3 Å². The molecule has 17 heavy (non-hydrogen) atoms. The Balaban J connectivity index is 2.20. The van der Waals surface area contributed by atoms with E-state index < -0.39 is 5.97 Å². The van der Waals surface area contributed by atoms with Crippen LogP contribution >= 0.6 is 11.3 Å². The van der Waals surface area contributed by atoms with Crippen LogP contribution in [0, 0.1) is 0 Å². The first-order valence-corrected chi connectivity index (χ1v) is 6.77. The van der Waals surface area contributed by atoms with E-state index in [-0.39, 0.29) is 6.42 Å². The lowest BCUT2D eigenvalue weighted by atomic mass is 10.2. The fourth-order valence-electron chi connectivity index (χ4n) is 1.55. The smallest absolute Gasteiger partial charge is 0.303 e. The van der Waals surface area contributed by atoms with Crippen LogP contribution in [0.15, 0.2) is 6.20 Å². The minimum absolute atomic E-state index is 0.269. The monoisotopic (exact) mass is 256 g/mol. The van der Waals surface area contributed by atoms with Crippen molar-refractivity contribution in [3.63, 3.8) is 0 Å². The molecule has 0 aliphatic heterocycles. The Morgan fingerprint density at radius 3 is 2.88 bits per heavy atom. The number of carboxylic acid groups (broad SMARTS) is 1. The molecule has 1 aromatic heterocycles. The maximum atomic E-state index is 10.3. The molecule has 1 aromatic rings. The zero-order valence-electron chi connectivity index (χ0n) is 10.5. The highest BCUT2D eigenvalue weighted by molar-refractivity contribution is 7.11. The molecular weight excluding hydrogens is 236 g/mol. The molecule has 0 saturated carbocycles. The summed E-state index contributed by atoms with van der Waals surface area (Å²) in [5, 5.41) is 9.66. The first-order chi connectivity index (χ1) is 8.11. The number of hydrogen-bond acceptors (Lipinski definition) is 4. The second kappa shape index (κ2) is 7.40. The van der Waals surface area contributed by atoms with E-state index in [0.29, 0.717) is 0 Å². The van der Waals surface area contributed by atoms with E-state index in [0.717, 1.165) is 37.4 Å². The molecule has 0 spiro atoms. The predicted octanol–water partition coefficient (Wildman–Crippen LogP) is 2.39. The van der Waals surface area contributed by atoms with Crippen molar-refractivity contribution >= 4 is 17.3 Å². The Kier molecular flexibility index (Phi) is 6.15. The third-order valence-corrected chi connectivity index (χ3v) is 3.66. The van der Waals surface area contributed by atoms with Gasteiger partial charge in [0.1, 0.15) is 5.01 Å². The van der Waals surface area contributed by atoms with Crippen molar-refractivity contribution in [1.29, 1.82) is 0 Å². The van der Waals surface area contributed by atoms with Crippen molar-refractivity contribution in [1.82, 2.24) is 9.88 Å². The van der Waals surface area contributed by atoms with Crippen molar-refractivity contribution in [2.45, 2.75) is 39.2 Å². The lowest BCUT2D eigenvalue weighted by Gasteiger charge is -2.14.